The largest absolute Gasteiger partial charge is 0.496 e. The third-order valence-corrected chi connectivity index (χ3v) is 4.62. The van der Waals surface area contributed by atoms with E-state index >= 15 is 0 Å². The van der Waals surface area contributed by atoms with Crippen molar-refractivity contribution in [1.29, 1.82) is 5.26 Å². The molecule has 0 saturated heterocycles. The number of benzene rings is 1. The Bertz CT molecular complexity index is 987. The number of aromatic amines is 1. The molecule has 0 amide bonds. The predicted octanol–water partition coefficient (Wildman–Crippen LogP) is 2.99. The molecule has 1 aliphatic rings. The van der Waals surface area contributed by atoms with Gasteiger partial charge < -0.3 is 15.4 Å². The molecular weight excluding hydrogens is 354 g/mol. The van der Waals surface area contributed by atoms with Crippen LogP contribution >= 0.6 is 0 Å². The molecule has 1 aromatic carbocycles. The molecule has 0 radical (unpaired) electrons. The SMILES string of the molecule is COc1cc(CNCC2CC2)ccc1-c1cc(Nc2cnc(C#N)cn2)n[nH]1. The molecule has 2 heterocycles. The van der Waals surface area contributed by atoms with Gasteiger partial charge in [-0.2, -0.15) is 10.4 Å². The molecule has 0 aliphatic heterocycles. The van der Waals surface area contributed by atoms with Gasteiger partial charge in [-0.1, -0.05) is 6.07 Å². The molecule has 28 heavy (non-hydrogen) atoms. The van der Waals surface area contributed by atoms with Crippen molar-refractivity contribution in [2.45, 2.75) is 19.4 Å². The fourth-order valence-electron chi connectivity index (χ4n) is 2.92. The molecule has 8 heteroatoms. The van der Waals surface area contributed by atoms with Gasteiger partial charge in [-0.05, 0) is 43.0 Å². The Morgan fingerprint density at radius 2 is 2.11 bits per heavy atom. The topological polar surface area (TPSA) is 112 Å². The highest BCUT2D eigenvalue weighted by Crippen LogP contribution is 2.31. The zero-order valence-corrected chi connectivity index (χ0v) is 15.6. The van der Waals surface area contributed by atoms with E-state index in [4.69, 9.17) is 10.00 Å². The summed E-state index contributed by atoms with van der Waals surface area (Å²) in [7, 11) is 1.67. The highest BCUT2D eigenvalue weighted by Gasteiger charge is 2.20. The van der Waals surface area contributed by atoms with Crippen LogP contribution in [0.25, 0.3) is 11.3 Å². The van der Waals surface area contributed by atoms with Gasteiger partial charge >= 0.3 is 0 Å². The van der Waals surface area contributed by atoms with Crippen molar-refractivity contribution >= 4 is 11.6 Å². The summed E-state index contributed by atoms with van der Waals surface area (Å²) in [6.07, 6.45) is 5.60. The van der Waals surface area contributed by atoms with E-state index in [9.17, 15) is 0 Å². The standard InChI is InChI=1S/C20H21N7O/c1-28-18-6-14(10-22-9-13-2-3-13)4-5-16(18)17-7-19(27-26-17)25-20-12-23-15(8-21)11-24-20/h4-7,11-13,22H,2-3,9-10H2,1H3,(H2,24,25,26,27). The van der Waals surface area contributed by atoms with Crippen molar-refractivity contribution in [2.24, 2.45) is 5.92 Å². The van der Waals surface area contributed by atoms with Gasteiger partial charge in [0.2, 0.25) is 0 Å². The molecule has 0 unspecified atom stereocenters. The number of nitrogens with one attached hydrogen (secondary N) is 3. The lowest BCUT2D eigenvalue weighted by Gasteiger charge is -2.10. The number of nitrogens with zero attached hydrogens (tertiary/aromatic N) is 4. The molecule has 2 aromatic heterocycles. The average Bonchev–Trinajstić information content (AvgIpc) is 3.45. The van der Waals surface area contributed by atoms with Gasteiger partial charge in [0.25, 0.3) is 0 Å². The summed E-state index contributed by atoms with van der Waals surface area (Å²) in [5.74, 6) is 2.77. The minimum atomic E-state index is 0.268. The fourth-order valence-corrected chi connectivity index (χ4v) is 2.92. The summed E-state index contributed by atoms with van der Waals surface area (Å²) >= 11 is 0. The van der Waals surface area contributed by atoms with E-state index in [-0.39, 0.29) is 5.69 Å². The highest BCUT2D eigenvalue weighted by atomic mass is 16.5. The average molecular weight is 375 g/mol. The first-order valence-electron chi connectivity index (χ1n) is 9.17. The first kappa shape index (κ1) is 17.9. The van der Waals surface area contributed by atoms with Gasteiger partial charge in [0.15, 0.2) is 11.5 Å². The summed E-state index contributed by atoms with van der Waals surface area (Å²) in [4.78, 5) is 8.12. The molecular formula is C20H21N7O. The normalized spacial score (nSPS) is 13.1. The maximum atomic E-state index is 8.79. The van der Waals surface area contributed by atoms with Crippen molar-refractivity contribution in [3.8, 4) is 23.1 Å². The van der Waals surface area contributed by atoms with Crippen LogP contribution in [0, 0.1) is 17.2 Å². The molecule has 3 aromatic rings. The summed E-state index contributed by atoms with van der Waals surface area (Å²) < 4.78 is 5.58. The number of ether oxygens (including phenoxy) is 1. The Balaban J connectivity index is 1.46. The predicted molar refractivity (Wildman–Crippen MR) is 105 cm³/mol. The lowest BCUT2D eigenvalue weighted by atomic mass is 10.1. The van der Waals surface area contributed by atoms with Crippen LogP contribution in [0.2, 0.25) is 0 Å². The quantitative estimate of drug-likeness (QED) is 0.555. The van der Waals surface area contributed by atoms with Crippen LogP contribution in [0.1, 0.15) is 24.1 Å². The number of aromatic nitrogens is 4. The Hall–Kier alpha value is -3.44. The molecule has 8 nitrogen and oxygen atoms in total. The number of hydrogen-bond donors (Lipinski definition) is 3. The van der Waals surface area contributed by atoms with Crippen LogP contribution < -0.4 is 15.4 Å². The number of anilines is 2. The van der Waals surface area contributed by atoms with Crippen molar-refractivity contribution in [2.75, 3.05) is 19.0 Å². The minimum absolute atomic E-state index is 0.268. The second-order valence-corrected chi connectivity index (χ2v) is 6.80. The van der Waals surface area contributed by atoms with E-state index in [1.165, 1.54) is 30.8 Å². The molecule has 1 fully saturated rings. The monoisotopic (exact) mass is 375 g/mol. The molecule has 142 valence electrons. The van der Waals surface area contributed by atoms with Gasteiger partial charge in [-0.3, -0.25) is 5.10 Å². The fraction of sp³-hybridized carbons (Fsp3) is 0.300. The molecule has 4 rings (SSSR count). The number of hydrogen-bond acceptors (Lipinski definition) is 7. The third-order valence-electron chi connectivity index (χ3n) is 4.62. The second kappa shape index (κ2) is 8.06. The second-order valence-electron chi connectivity index (χ2n) is 6.80. The number of nitriles is 1. The van der Waals surface area contributed by atoms with E-state index < -0.39 is 0 Å². The zero-order valence-electron chi connectivity index (χ0n) is 15.6. The van der Waals surface area contributed by atoms with Crippen LogP contribution in [0.3, 0.4) is 0 Å². The van der Waals surface area contributed by atoms with E-state index in [0.717, 1.165) is 36.0 Å². The molecule has 0 spiro atoms. The smallest absolute Gasteiger partial charge is 0.158 e. The molecule has 1 aliphatic carbocycles. The Morgan fingerprint density at radius 1 is 1.21 bits per heavy atom. The van der Waals surface area contributed by atoms with Crippen molar-refractivity contribution in [3.05, 3.63) is 47.9 Å². The van der Waals surface area contributed by atoms with Gasteiger partial charge in [0.05, 0.1) is 25.2 Å². The van der Waals surface area contributed by atoms with E-state index in [1.807, 2.05) is 18.2 Å². The molecule has 0 atom stereocenters. The van der Waals surface area contributed by atoms with Gasteiger partial charge in [0, 0.05) is 18.2 Å². The molecule has 3 N–H and O–H groups in total. The van der Waals surface area contributed by atoms with Crippen molar-refractivity contribution in [3.63, 3.8) is 0 Å². The van der Waals surface area contributed by atoms with Crippen LogP contribution in [0.15, 0.2) is 36.7 Å². The summed E-state index contributed by atoms with van der Waals surface area (Å²) in [6, 6.07) is 10.00. The Labute approximate surface area is 163 Å². The van der Waals surface area contributed by atoms with Crippen LogP contribution in [-0.2, 0) is 6.54 Å². The van der Waals surface area contributed by atoms with Crippen molar-refractivity contribution in [1.82, 2.24) is 25.5 Å². The summed E-state index contributed by atoms with van der Waals surface area (Å²) in [5, 5.41) is 22.6. The minimum Gasteiger partial charge on any atom is -0.496 e. The molecule has 0 bridgehead atoms. The Kier molecular flexibility index (Phi) is 5.17. The lowest BCUT2D eigenvalue weighted by Crippen LogP contribution is -2.16. The molecule has 1 saturated carbocycles. The van der Waals surface area contributed by atoms with Gasteiger partial charge in [0.1, 0.15) is 17.6 Å². The van der Waals surface area contributed by atoms with Gasteiger partial charge in [-0.25, -0.2) is 9.97 Å². The number of rotatable bonds is 8. The third kappa shape index (κ3) is 4.27. The first-order chi connectivity index (χ1) is 13.7. The summed E-state index contributed by atoms with van der Waals surface area (Å²) in [6.45, 7) is 1.91. The zero-order chi connectivity index (χ0) is 19.3. The van der Waals surface area contributed by atoms with E-state index in [0.29, 0.717) is 11.6 Å². The first-order valence-corrected chi connectivity index (χ1v) is 9.17. The summed E-state index contributed by atoms with van der Waals surface area (Å²) in [5.41, 5.74) is 3.22. The van der Waals surface area contributed by atoms with E-state index in [2.05, 4.69) is 42.9 Å². The van der Waals surface area contributed by atoms with Crippen LogP contribution in [-0.4, -0.2) is 33.8 Å². The van der Waals surface area contributed by atoms with E-state index in [1.54, 1.807) is 7.11 Å². The number of methoxy groups -OCH3 is 1. The lowest BCUT2D eigenvalue weighted by molar-refractivity contribution is 0.415. The highest BCUT2D eigenvalue weighted by molar-refractivity contribution is 5.71. The van der Waals surface area contributed by atoms with Crippen LogP contribution in [0.5, 0.6) is 5.75 Å². The Morgan fingerprint density at radius 3 is 2.82 bits per heavy atom. The maximum Gasteiger partial charge on any atom is 0.158 e. The van der Waals surface area contributed by atoms with Crippen LogP contribution in [0.4, 0.5) is 11.6 Å². The maximum absolute atomic E-state index is 8.79. The van der Waals surface area contributed by atoms with Crippen molar-refractivity contribution < 1.29 is 4.74 Å². The van der Waals surface area contributed by atoms with Gasteiger partial charge in [-0.15, -0.1) is 0 Å². The number of H-pyrrole nitrogens is 1.